The summed E-state index contributed by atoms with van der Waals surface area (Å²) in [5, 5.41) is 2.90. The predicted molar refractivity (Wildman–Crippen MR) is 80.4 cm³/mol. The maximum Gasteiger partial charge on any atom is 0.245 e. The maximum absolute atomic E-state index is 12.5. The first-order chi connectivity index (χ1) is 9.49. The molecule has 1 rings (SSSR count). The van der Waals surface area contributed by atoms with Crippen LogP contribution in [0.5, 0.6) is 0 Å². The van der Waals surface area contributed by atoms with Crippen LogP contribution in [-0.4, -0.2) is 60.4 Å². The first kappa shape index (κ1) is 17.0. The molecule has 0 aromatic carbocycles. The first-order valence-electron chi connectivity index (χ1n) is 7.81. The number of amides is 2. The molecule has 0 radical (unpaired) electrons. The third kappa shape index (κ3) is 4.78. The molecule has 0 aliphatic carbocycles. The van der Waals surface area contributed by atoms with Crippen LogP contribution in [0.4, 0.5) is 0 Å². The van der Waals surface area contributed by atoms with Gasteiger partial charge >= 0.3 is 0 Å². The molecule has 1 aliphatic heterocycles. The highest BCUT2D eigenvalue weighted by molar-refractivity contribution is 5.88. The lowest BCUT2D eigenvalue weighted by Gasteiger charge is -2.36. The highest BCUT2D eigenvalue weighted by atomic mass is 16.2. The van der Waals surface area contributed by atoms with E-state index in [0.29, 0.717) is 6.42 Å². The highest BCUT2D eigenvalue weighted by Crippen LogP contribution is 2.08. The molecule has 1 heterocycles. The van der Waals surface area contributed by atoms with E-state index in [4.69, 9.17) is 0 Å². The molecule has 0 aromatic rings. The Bertz CT molecular complexity index is 323. The van der Waals surface area contributed by atoms with E-state index in [0.717, 1.165) is 39.1 Å². The summed E-state index contributed by atoms with van der Waals surface area (Å²) >= 11 is 0. The molecule has 5 heteroatoms. The average molecular weight is 283 g/mol. The monoisotopic (exact) mass is 283 g/mol. The Kier molecular flexibility index (Phi) is 6.99. The molecule has 1 unspecified atom stereocenters. The fourth-order valence-corrected chi connectivity index (χ4v) is 2.39. The number of carbonyl (C=O) groups excluding carboxylic acids is 2. The predicted octanol–water partition coefficient (Wildman–Crippen LogP) is 1.09. The van der Waals surface area contributed by atoms with Gasteiger partial charge in [0, 0.05) is 32.1 Å². The van der Waals surface area contributed by atoms with Crippen molar-refractivity contribution in [3.8, 4) is 0 Å². The fourth-order valence-electron chi connectivity index (χ4n) is 2.39. The van der Waals surface area contributed by atoms with Gasteiger partial charge in [0.1, 0.15) is 6.04 Å². The molecule has 1 N–H and O–H groups in total. The number of hydrogen-bond donors (Lipinski definition) is 1. The van der Waals surface area contributed by atoms with Gasteiger partial charge in [-0.05, 0) is 13.0 Å². The van der Waals surface area contributed by atoms with Gasteiger partial charge in [-0.1, -0.05) is 34.1 Å². The smallest absolute Gasteiger partial charge is 0.245 e. The summed E-state index contributed by atoms with van der Waals surface area (Å²) in [6, 6.07) is -0.358. The quantitative estimate of drug-likeness (QED) is 0.794. The van der Waals surface area contributed by atoms with Crippen LogP contribution in [0.3, 0.4) is 0 Å². The van der Waals surface area contributed by atoms with E-state index in [-0.39, 0.29) is 23.8 Å². The number of piperazine rings is 1. The number of nitrogens with one attached hydrogen (secondary N) is 1. The maximum atomic E-state index is 12.5. The molecule has 5 nitrogen and oxygen atoms in total. The van der Waals surface area contributed by atoms with Crippen molar-refractivity contribution in [2.24, 2.45) is 5.92 Å². The van der Waals surface area contributed by atoms with Crippen LogP contribution in [0.2, 0.25) is 0 Å². The van der Waals surface area contributed by atoms with Crippen LogP contribution >= 0.6 is 0 Å². The molecule has 1 fully saturated rings. The van der Waals surface area contributed by atoms with Crippen LogP contribution in [0.15, 0.2) is 0 Å². The Balaban J connectivity index is 2.58. The summed E-state index contributed by atoms with van der Waals surface area (Å²) in [5.41, 5.74) is 0. The van der Waals surface area contributed by atoms with Gasteiger partial charge in [0.15, 0.2) is 0 Å². The van der Waals surface area contributed by atoms with Gasteiger partial charge < -0.3 is 15.1 Å². The largest absolute Gasteiger partial charge is 0.344 e. The summed E-state index contributed by atoms with van der Waals surface area (Å²) in [5.74, 6) is -0.0420. The third-order valence-corrected chi connectivity index (χ3v) is 3.85. The molecule has 0 aromatic heterocycles. The van der Waals surface area contributed by atoms with Gasteiger partial charge in [0.05, 0.1) is 0 Å². The Labute approximate surface area is 122 Å². The van der Waals surface area contributed by atoms with E-state index in [1.165, 1.54) is 0 Å². The van der Waals surface area contributed by atoms with Crippen molar-refractivity contribution in [1.82, 2.24) is 15.1 Å². The van der Waals surface area contributed by atoms with Crippen LogP contribution < -0.4 is 5.32 Å². The molecule has 116 valence electrons. The third-order valence-electron chi connectivity index (χ3n) is 3.85. The van der Waals surface area contributed by atoms with Crippen LogP contribution in [0.25, 0.3) is 0 Å². The molecule has 1 saturated heterocycles. The minimum Gasteiger partial charge on any atom is -0.344 e. The Morgan fingerprint density at radius 1 is 1.10 bits per heavy atom. The van der Waals surface area contributed by atoms with Gasteiger partial charge in [-0.15, -0.1) is 0 Å². The van der Waals surface area contributed by atoms with Crippen molar-refractivity contribution in [3.63, 3.8) is 0 Å². The topological polar surface area (TPSA) is 52.7 Å². The summed E-state index contributed by atoms with van der Waals surface area (Å²) in [6.45, 7) is 12.3. The van der Waals surface area contributed by atoms with Gasteiger partial charge in [-0.3, -0.25) is 9.59 Å². The molecule has 2 amide bonds. The van der Waals surface area contributed by atoms with E-state index >= 15 is 0 Å². The van der Waals surface area contributed by atoms with Crippen molar-refractivity contribution in [3.05, 3.63) is 0 Å². The summed E-state index contributed by atoms with van der Waals surface area (Å²) < 4.78 is 0. The molecule has 0 spiro atoms. The summed E-state index contributed by atoms with van der Waals surface area (Å²) in [7, 11) is 0. The number of likely N-dealkylation sites (N-methyl/N-ethyl adjacent to an activating group) is 1. The van der Waals surface area contributed by atoms with Gasteiger partial charge in [0.25, 0.3) is 0 Å². The molecular weight excluding hydrogens is 254 g/mol. The van der Waals surface area contributed by atoms with E-state index in [2.05, 4.69) is 17.1 Å². The second kappa shape index (κ2) is 8.25. The zero-order valence-electron chi connectivity index (χ0n) is 13.3. The second-order valence-electron chi connectivity index (χ2n) is 5.76. The lowest BCUT2D eigenvalue weighted by molar-refractivity contribution is -0.138. The van der Waals surface area contributed by atoms with Crippen molar-refractivity contribution in [1.29, 1.82) is 0 Å². The summed E-state index contributed by atoms with van der Waals surface area (Å²) in [6.07, 6.45) is 1.61. The Hall–Kier alpha value is -1.10. The zero-order chi connectivity index (χ0) is 15.1. The van der Waals surface area contributed by atoms with Crippen molar-refractivity contribution in [2.45, 2.75) is 46.6 Å². The second-order valence-corrected chi connectivity index (χ2v) is 5.76. The molecular formula is C15H29N3O2. The van der Waals surface area contributed by atoms with E-state index < -0.39 is 0 Å². The van der Waals surface area contributed by atoms with Gasteiger partial charge in [-0.2, -0.15) is 0 Å². The number of carbonyl (C=O) groups is 2. The van der Waals surface area contributed by atoms with Crippen molar-refractivity contribution in [2.75, 3.05) is 32.7 Å². The van der Waals surface area contributed by atoms with Crippen LogP contribution in [-0.2, 0) is 9.59 Å². The fraction of sp³-hybridized carbons (Fsp3) is 0.867. The molecule has 1 atom stereocenters. The first-order valence-corrected chi connectivity index (χ1v) is 7.81. The minimum absolute atomic E-state index is 0.0380. The lowest BCUT2D eigenvalue weighted by atomic mass is 10.1. The zero-order valence-corrected chi connectivity index (χ0v) is 13.3. The van der Waals surface area contributed by atoms with Crippen molar-refractivity contribution < 1.29 is 9.59 Å². The summed E-state index contributed by atoms with van der Waals surface area (Å²) in [4.78, 5) is 28.6. The minimum atomic E-state index is -0.358. The van der Waals surface area contributed by atoms with E-state index in [1.807, 2.05) is 25.7 Å². The Morgan fingerprint density at radius 2 is 1.70 bits per heavy atom. The van der Waals surface area contributed by atoms with E-state index in [1.54, 1.807) is 0 Å². The SMILES string of the molecule is CCCC(NC(=O)C(C)C)C(=O)N1CCN(CC)CC1. The van der Waals surface area contributed by atoms with Gasteiger partial charge in [-0.25, -0.2) is 0 Å². The van der Waals surface area contributed by atoms with Crippen LogP contribution in [0, 0.1) is 5.92 Å². The van der Waals surface area contributed by atoms with Crippen molar-refractivity contribution >= 4 is 11.8 Å². The number of hydrogen-bond acceptors (Lipinski definition) is 3. The Morgan fingerprint density at radius 3 is 2.15 bits per heavy atom. The van der Waals surface area contributed by atoms with Crippen LogP contribution in [0.1, 0.15) is 40.5 Å². The molecule has 0 bridgehead atoms. The molecule has 20 heavy (non-hydrogen) atoms. The average Bonchev–Trinajstić information content (AvgIpc) is 2.46. The lowest BCUT2D eigenvalue weighted by Crippen LogP contribution is -2.55. The number of rotatable bonds is 6. The highest BCUT2D eigenvalue weighted by Gasteiger charge is 2.28. The standard InChI is InChI=1S/C15H29N3O2/c1-5-7-13(16-14(19)12(3)4)15(20)18-10-8-17(6-2)9-11-18/h12-13H,5-11H2,1-4H3,(H,16,19). The molecule has 0 saturated carbocycles. The number of nitrogens with zero attached hydrogens (tertiary/aromatic N) is 2. The van der Waals surface area contributed by atoms with E-state index in [9.17, 15) is 9.59 Å². The van der Waals surface area contributed by atoms with Gasteiger partial charge in [0.2, 0.25) is 11.8 Å². The molecule has 1 aliphatic rings. The normalized spacial score (nSPS) is 18.1.